The molecule has 6 nitrogen and oxygen atoms in total. The lowest BCUT2D eigenvalue weighted by Gasteiger charge is -2.10. The van der Waals surface area contributed by atoms with Crippen LogP contribution in [0.25, 0.3) is 0 Å². The number of hydrogen-bond donors (Lipinski definition) is 1. The van der Waals surface area contributed by atoms with Crippen molar-refractivity contribution in [3.05, 3.63) is 23.8 Å². The fraction of sp³-hybridized carbons (Fsp3) is 0.429. The lowest BCUT2D eigenvalue weighted by Crippen LogP contribution is -2.21. The lowest BCUT2D eigenvalue weighted by atomic mass is 10.1. The molecule has 0 radical (unpaired) electrons. The van der Waals surface area contributed by atoms with Crippen molar-refractivity contribution in [3.8, 4) is 11.5 Å². The molecule has 1 aliphatic rings. The Kier molecular flexibility index (Phi) is 4.45. The van der Waals surface area contributed by atoms with E-state index in [0.717, 1.165) is 5.56 Å². The summed E-state index contributed by atoms with van der Waals surface area (Å²) in [5, 5.41) is 12.0. The summed E-state index contributed by atoms with van der Waals surface area (Å²) < 4.78 is 11.0. The highest BCUT2D eigenvalue weighted by Crippen LogP contribution is 2.29. The van der Waals surface area contributed by atoms with E-state index in [1.165, 1.54) is 0 Å². The summed E-state index contributed by atoms with van der Waals surface area (Å²) in [7, 11) is 3.47. The van der Waals surface area contributed by atoms with Crippen molar-refractivity contribution in [1.29, 1.82) is 0 Å². The van der Waals surface area contributed by atoms with Crippen LogP contribution >= 0.6 is 0 Å². The quantitative estimate of drug-likeness (QED) is 0.503. The zero-order chi connectivity index (χ0) is 14.5. The molecule has 20 heavy (non-hydrogen) atoms. The second-order valence-electron chi connectivity index (χ2n) is 4.73. The molecule has 0 unspecified atom stereocenters. The number of carbonyl (C=O) groups is 1. The Labute approximate surface area is 117 Å². The third kappa shape index (κ3) is 3.20. The predicted octanol–water partition coefficient (Wildman–Crippen LogP) is 1.50. The van der Waals surface area contributed by atoms with E-state index in [4.69, 9.17) is 14.7 Å². The first kappa shape index (κ1) is 14.2. The Hall–Kier alpha value is -2.24. The number of amides is 1. The Morgan fingerprint density at radius 1 is 1.50 bits per heavy atom. The van der Waals surface area contributed by atoms with Gasteiger partial charge in [0, 0.05) is 32.1 Å². The molecule has 1 heterocycles. The minimum Gasteiger partial charge on any atom is -0.493 e. The minimum absolute atomic E-state index is 0.0923. The second kappa shape index (κ2) is 6.27. The van der Waals surface area contributed by atoms with Crippen molar-refractivity contribution in [2.45, 2.75) is 12.8 Å². The summed E-state index contributed by atoms with van der Waals surface area (Å²) in [6, 6.07) is 5.37. The van der Waals surface area contributed by atoms with Crippen molar-refractivity contribution in [1.82, 2.24) is 4.90 Å². The summed E-state index contributed by atoms with van der Waals surface area (Å²) >= 11 is 0. The molecule has 1 aliphatic heterocycles. The molecular weight excluding hydrogens is 260 g/mol. The number of hydrogen-bond acceptors (Lipinski definition) is 5. The molecule has 108 valence electrons. The average Bonchev–Trinajstić information content (AvgIpc) is 2.85. The summed E-state index contributed by atoms with van der Waals surface area (Å²) in [6.45, 7) is 0.742. The minimum atomic E-state index is 0.0923. The van der Waals surface area contributed by atoms with Crippen LogP contribution in [0.5, 0.6) is 11.5 Å². The van der Waals surface area contributed by atoms with Crippen molar-refractivity contribution in [2.24, 2.45) is 5.16 Å². The molecule has 0 spiro atoms. The first-order valence-electron chi connectivity index (χ1n) is 6.43. The fourth-order valence-corrected chi connectivity index (χ4v) is 1.89. The summed E-state index contributed by atoms with van der Waals surface area (Å²) in [5.74, 6) is 1.43. The van der Waals surface area contributed by atoms with Gasteiger partial charge in [0.1, 0.15) is 23.8 Å². The van der Waals surface area contributed by atoms with Crippen molar-refractivity contribution in [3.63, 3.8) is 0 Å². The number of ether oxygens (including phenoxy) is 2. The molecule has 6 heteroatoms. The summed E-state index contributed by atoms with van der Waals surface area (Å²) in [4.78, 5) is 13.0. The molecule has 1 aromatic rings. The van der Waals surface area contributed by atoms with E-state index in [1.807, 2.05) is 0 Å². The molecule has 0 fully saturated rings. The van der Waals surface area contributed by atoms with E-state index in [2.05, 4.69) is 5.16 Å². The molecule has 1 N–H and O–H groups in total. The molecular formula is C14H18N2O4. The van der Waals surface area contributed by atoms with Crippen LogP contribution in [0.3, 0.4) is 0 Å². The van der Waals surface area contributed by atoms with Gasteiger partial charge < -0.3 is 19.6 Å². The number of fused-ring (bicyclic) bond motifs is 1. The fourth-order valence-electron chi connectivity index (χ4n) is 1.89. The van der Waals surface area contributed by atoms with Crippen LogP contribution in [-0.2, 0) is 4.79 Å². The van der Waals surface area contributed by atoms with Crippen LogP contribution in [0.2, 0.25) is 0 Å². The predicted molar refractivity (Wildman–Crippen MR) is 73.7 cm³/mol. The molecule has 0 atom stereocenters. The van der Waals surface area contributed by atoms with E-state index in [1.54, 1.807) is 37.2 Å². The SMILES string of the molecule is CN(C)C(=O)CCCOc1ccc2c(c1)OCC2=NO. The highest BCUT2D eigenvalue weighted by molar-refractivity contribution is 6.06. The number of carbonyl (C=O) groups excluding carboxylic acids is 1. The maximum atomic E-state index is 11.4. The van der Waals surface area contributed by atoms with Gasteiger partial charge in [0.2, 0.25) is 5.91 Å². The van der Waals surface area contributed by atoms with Crippen LogP contribution in [-0.4, -0.2) is 49.0 Å². The normalized spacial score (nSPS) is 14.8. The standard InChI is InChI=1S/C14H18N2O4/c1-16(2)14(17)4-3-7-19-10-5-6-11-12(15-18)9-20-13(11)8-10/h5-6,8,18H,3-4,7,9H2,1-2H3. The largest absolute Gasteiger partial charge is 0.493 e. The smallest absolute Gasteiger partial charge is 0.222 e. The lowest BCUT2D eigenvalue weighted by molar-refractivity contribution is -0.128. The van der Waals surface area contributed by atoms with Crippen LogP contribution in [0.15, 0.2) is 23.4 Å². The zero-order valence-electron chi connectivity index (χ0n) is 11.6. The first-order valence-corrected chi connectivity index (χ1v) is 6.43. The van der Waals surface area contributed by atoms with Gasteiger partial charge in [-0.2, -0.15) is 0 Å². The van der Waals surface area contributed by atoms with Crippen LogP contribution in [0.1, 0.15) is 18.4 Å². The monoisotopic (exact) mass is 278 g/mol. The van der Waals surface area contributed by atoms with E-state index in [-0.39, 0.29) is 12.5 Å². The third-order valence-electron chi connectivity index (χ3n) is 3.05. The van der Waals surface area contributed by atoms with Gasteiger partial charge in [-0.05, 0) is 18.6 Å². The van der Waals surface area contributed by atoms with Gasteiger partial charge in [-0.15, -0.1) is 0 Å². The highest BCUT2D eigenvalue weighted by Gasteiger charge is 2.20. The Bertz CT molecular complexity index is 526. The van der Waals surface area contributed by atoms with Gasteiger partial charge in [0.05, 0.1) is 6.61 Å². The zero-order valence-corrected chi connectivity index (χ0v) is 11.6. The Balaban J connectivity index is 1.85. The molecule has 0 aliphatic carbocycles. The number of oxime groups is 1. The van der Waals surface area contributed by atoms with Crippen molar-refractivity contribution < 1.29 is 19.5 Å². The van der Waals surface area contributed by atoms with Gasteiger partial charge in [-0.1, -0.05) is 5.16 Å². The van der Waals surface area contributed by atoms with Crippen LogP contribution in [0.4, 0.5) is 0 Å². The van der Waals surface area contributed by atoms with Gasteiger partial charge in [0.15, 0.2) is 0 Å². The third-order valence-corrected chi connectivity index (χ3v) is 3.05. The Morgan fingerprint density at radius 3 is 3.00 bits per heavy atom. The molecule has 0 saturated carbocycles. The van der Waals surface area contributed by atoms with E-state index in [9.17, 15) is 4.79 Å². The van der Waals surface area contributed by atoms with Crippen LogP contribution in [0, 0.1) is 0 Å². The summed E-state index contributed by atoms with van der Waals surface area (Å²) in [5.41, 5.74) is 1.30. The van der Waals surface area contributed by atoms with Gasteiger partial charge >= 0.3 is 0 Å². The first-order chi connectivity index (χ1) is 9.61. The van der Waals surface area contributed by atoms with E-state index >= 15 is 0 Å². The van der Waals surface area contributed by atoms with Gasteiger partial charge in [0.25, 0.3) is 0 Å². The summed E-state index contributed by atoms with van der Waals surface area (Å²) in [6.07, 6.45) is 1.13. The number of benzene rings is 1. The second-order valence-corrected chi connectivity index (χ2v) is 4.73. The van der Waals surface area contributed by atoms with E-state index in [0.29, 0.717) is 36.7 Å². The molecule has 0 saturated heterocycles. The number of nitrogens with zero attached hydrogens (tertiary/aromatic N) is 2. The van der Waals surface area contributed by atoms with Crippen molar-refractivity contribution >= 4 is 11.6 Å². The molecule has 1 amide bonds. The maximum absolute atomic E-state index is 11.4. The van der Waals surface area contributed by atoms with Crippen molar-refractivity contribution in [2.75, 3.05) is 27.3 Å². The maximum Gasteiger partial charge on any atom is 0.222 e. The van der Waals surface area contributed by atoms with Gasteiger partial charge in [-0.25, -0.2) is 0 Å². The average molecular weight is 278 g/mol. The number of rotatable bonds is 5. The topological polar surface area (TPSA) is 71.4 Å². The molecule has 2 rings (SSSR count). The molecule has 1 aromatic carbocycles. The van der Waals surface area contributed by atoms with E-state index < -0.39 is 0 Å². The highest BCUT2D eigenvalue weighted by atomic mass is 16.5. The molecule has 0 aromatic heterocycles. The molecule has 0 bridgehead atoms. The van der Waals surface area contributed by atoms with Gasteiger partial charge in [-0.3, -0.25) is 4.79 Å². The Morgan fingerprint density at radius 2 is 2.30 bits per heavy atom. The van der Waals surface area contributed by atoms with Crippen LogP contribution < -0.4 is 9.47 Å².